The number of esters is 1. The summed E-state index contributed by atoms with van der Waals surface area (Å²) >= 11 is 0. The van der Waals surface area contributed by atoms with Crippen molar-refractivity contribution >= 4 is 22.7 Å². The lowest BCUT2D eigenvalue weighted by Crippen LogP contribution is -2.41. The third kappa shape index (κ3) is 4.22. The number of nitrogens with zero attached hydrogens (tertiary/aromatic N) is 3. The molecule has 0 amide bonds. The lowest BCUT2D eigenvalue weighted by atomic mass is 10.1. The van der Waals surface area contributed by atoms with E-state index in [9.17, 15) is 19.1 Å². The van der Waals surface area contributed by atoms with Crippen molar-refractivity contribution in [2.45, 2.75) is 32.9 Å². The molecule has 30 heavy (non-hydrogen) atoms. The Morgan fingerprint density at radius 3 is 2.77 bits per heavy atom. The highest BCUT2D eigenvalue weighted by Crippen LogP contribution is 2.25. The average molecular weight is 420 g/mol. The molecule has 11 heteroatoms. The molecule has 0 saturated heterocycles. The van der Waals surface area contributed by atoms with E-state index in [2.05, 4.69) is 14.9 Å². The van der Waals surface area contributed by atoms with E-state index in [4.69, 9.17) is 15.0 Å². The molecule has 0 aliphatic carbocycles. The Morgan fingerprint density at radius 1 is 1.37 bits per heavy atom. The van der Waals surface area contributed by atoms with Crippen molar-refractivity contribution in [3.8, 4) is 0 Å². The van der Waals surface area contributed by atoms with Crippen LogP contribution in [-0.4, -0.2) is 51.0 Å². The number of aromatic nitrogens is 3. The summed E-state index contributed by atoms with van der Waals surface area (Å²) in [7, 11) is 1.14. The molecule has 0 radical (unpaired) electrons. The molecule has 0 fully saturated rings. The third-order valence-electron chi connectivity index (χ3n) is 4.56. The Labute approximate surface area is 170 Å². The molecule has 0 aliphatic rings. The van der Waals surface area contributed by atoms with E-state index < -0.39 is 41.6 Å². The van der Waals surface area contributed by atoms with Gasteiger partial charge in [-0.25, -0.2) is 9.18 Å². The molecule has 10 nitrogen and oxygen atoms in total. The minimum absolute atomic E-state index is 0.0193. The van der Waals surface area contributed by atoms with Crippen molar-refractivity contribution in [3.63, 3.8) is 0 Å². The molecule has 0 spiro atoms. The van der Waals surface area contributed by atoms with Gasteiger partial charge in [0.1, 0.15) is 12.5 Å². The summed E-state index contributed by atoms with van der Waals surface area (Å²) in [6, 6.07) is 3.26. The lowest BCUT2D eigenvalue weighted by molar-refractivity contribution is -0.143. The standard InChI is InChI=1S/C19H21FN4O6/c1-9(2)14(21)18(26)29-8-24-7-12(11-6-10(20)4-5-13(11)24)15(25)17-22-16(23-30-17)19(27)28-3/h4-7,9,14,18,26H,8,21H2,1-3H3. The summed E-state index contributed by atoms with van der Waals surface area (Å²) in [5, 5.41) is 13.7. The van der Waals surface area contributed by atoms with E-state index in [-0.39, 0.29) is 23.6 Å². The van der Waals surface area contributed by atoms with Crippen LogP contribution in [0.4, 0.5) is 4.39 Å². The van der Waals surface area contributed by atoms with E-state index in [0.29, 0.717) is 5.52 Å². The first-order chi connectivity index (χ1) is 14.2. The number of fused-ring (bicyclic) bond motifs is 1. The topological polar surface area (TPSA) is 143 Å². The van der Waals surface area contributed by atoms with Crippen LogP contribution in [0, 0.1) is 11.7 Å². The first kappa shape index (κ1) is 21.6. The molecular formula is C19H21FN4O6. The van der Waals surface area contributed by atoms with Crippen LogP contribution in [0.2, 0.25) is 0 Å². The van der Waals surface area contributed by atoms with Crippen molar-refractivity contribution in [2.24, 2.45) is 11.7 Å². The predicted octanol–water partition coefficient (Wildman–Crippen LogP) is 1.46. The van der Waals surface area contributed by atoms with Crippen molar-refractivity contribution in [1.82, 2.24) is 14.7 Å². The summed E-state index contributed by atoms with van der Waals surface area (Å²) in [6.07, 6.45) is 0.169. The number of nitrogens with two attached hydrogens (primary N) is 1. The van der Waals surface area contributed by atoms with Gasteiger partial charge in [-0.1, -0.05) is 13.8 Å². The number of carbonyl (C=O) groups excluding carboxylic acids is 2. The minimum atomic E-state index is -1.24. The third-order valence-corrected chi connectivity index (χ3v) is 4.56. The number of ether oxygens (including phenoxy) is 2. The molecule has 2 atom stereocenters. The molecule has 2 unspecified atom stereocenters. The molecule has 2 heterocycles. The first-order valence-corrected chi connectivity index (χ1v) is 9.03. The van der Waals surface area contributed by atoms with E-state index >= 15 is 0 Å². The molecule has 160 valence electrons. The summed E-state index contributed by atoms with van der Waals surface area (Å²) in [5.74, 6) is -3.03. The van der Waals surface area contributed by atoms with Crippen molar-refractivity contribution in [1.29, 1.82) is 0 Å². The second kappa shape index (κ2) is 8.69. The van der Waals surface area contributed by atoms with Crippen LogP contribution in [0.5, 0.6) is 0 Å². The molecule has 0 bridgehead atoms. The first-order valence-electron chi connectivity index (χ1n) is 9.03. The van der Waals surface area contributed by atoms with Gasteiger partial charge in [-0.2, -0.15) is 4.98 Å². The summed E-state index contributed by atoms with van der Waals surface area (Å²) in [5.41, 5.74) is 6.39. The lowest BCUT2D eigenvalue weighted by Gasteiger charge is -2.22. The van der Waals surface area contributed by atoms with Gasteiger partial charge >= 0.3 is 5.97 Å². The van der Waals surface area contributed by atoms with Gasteiger partial charge in [0.15, 0.2) is 6.29 Å². The predicted molar refractivity (Wildman–Crippen MR) is 101 cm³/mol. The number of rotatable bonds is 8. The molecule has 0 saturated carbocycles. The van der Waals surface area contributed by atoms with Crippen LogP contribution in [0.3, 0.4) is 0 Å². The monoisotopic (exact) mass is 420 g/mol. The zero-order valence-electron chi connectivity index (χ0n) is 16.5. The number of benzene rings is 1. The number of methoxy groups -OCH3 is 1. The van der Waals surface area contributed by atoms with Gasteiger partial charge in [0.25, 0.3) is 17.5 Å². The SMILES string of the molecule is COC(=O)c1noc(C(=O)c2cn(COC(O)C(N)C(C)C)c3ccc(F)cc23)n1. The molecule has 1 aromatic carbocycles. The fourth-order valence-corrected chi connectivity index (χ4v) is 2.76. The Morgan fingerprint density at radius 2 is 2.10 bits per heavy atom. The summed E-state index contributed by atoms with van der Waals surface area (Å²) in [4.78, 5) is 28.0. The highest BCUT2D eigenvalue weighted by molar-refractivity contribution is 6.14. The molecule has 0 aliphatic heterocycles. The number of ketones is 1. The van der Waals surface area contributed by atoms with Crippen LogP contribution < -0.4 is 5.73 Å². The van der Waals surface area contributed by atoms with Crippen molar-refractivity contribution in [3.05, 3.63) is 47.5 Å². The average Bonchev–Trinajstić information content (AvgIpc) is 3.35. The van der Waals surface area contributed by atoms with E-state index in [0.717, 1.165) is 7.11 Å². The highest BCUT2D eigenvalue weighted by Gasteiger charge is 2.25. The van der Waals surface area contributed by atoms with Crippen LogP contribution in [0.15, 0.2) is 28.9 Å². The van der Waals surface area contributed by atoms with E-state index in [1.165, 1.54) is 29.0 Å². The zero-order valence-corrected chi connectivity index (χ0v) is 16.5. The Balaban J connectivity index is 1.93. The fraction of sp³-hybridized carbons (Fsp3) is 0.368. The van der Waals surface area contributed by atoms with Gasteiger partial charge in [0.05, 0.1) is 24.2 Å². The molecule has 3 N–H and O–H groups in total. The number of aliphatic hydroxyl groups is 1. The number of hydrogen-bond acceptors (Lipinski definition) is 9. The summed E-state index contributed by atoms with van der Waals surface area (Å²) in [6.45, 7) is 3.54. The summed E-state index contributed by atoms with van der Waals surface area (Å²) < 4.78 is 30.1. The fourth-order valence-electron chi connectivity index (χ4n) is 2.76. The molecule has 3 rings (SSSR count). The number of halogens is 1. The van der Waals surface area contributed by atoms with Gasteiger partial charge in [0.2, 0.25) is 0 Å². The van der Waals surface area contributed by atoms with Gasteiger partial charge in [-0.15, -0.1) is 0 Å². The van der Waals surface area contributed by atoms with Gasteiger partial charge in [-0.3, -0.25) is 4.79 Å². The normalized spacial score (nSPS) is 13.6. The Bertz CT molecular complexity index is 1080. The number of carbonyl (C=O) groups is 2. The van der Waals surface area contributed by atoms with Crippen molar-refractivity contribution < 1.29 is 33.1 Å². The quantitative estimate of drug-likeness (QED) is 0.314. The second-order valence-electron chi connectivity index (χ2n) is 6.93. The van der Waals surface area contributed by atoms with Crippen LogP contribution in [0.1, 0.15) is 40.7 Å². The maximum Gasteiger partial charge on any atom is 0.379 e. The zero-order chi connectivity index (χ0) is 22.0. The molecular weight excluding hydrogens is 399 g/mol. The Kier molecular flexibility index (Phi) is 6.25. The maximum absolute atomic E-state index is 13.8. The maximum atomic E-state index is 13.8. The highest BCUT2D eigenvalue weighted by atomic mass is 19.1. The van der Waals surface area contributed by atoms with Gasteiger partial charge in [0, 0.05) is 11.6 Å². The van der Waals surface area contributed by atoms with Crippen LogP contribution in [0.25, 0.3) is 10.9 Å². The minimum Gasteiger partial charge on any atom is -0.463 e. The number of hydrogen-bond donors (Lipinski definition) is 2. The van der Waals surface area contributed by atoms with Crippen LogP contribution >= 0.6 is 0 Å². The molecule has 2 aromatic heterocycles. The van der Waals surface area contributed by atoms with Crippen molar-refractivity contribution in [2.75, 3.05) is 7.11 Å². The Hall–Kier alpha value is -3.15. The van der Waals surface area contributed by atoms with Gasteiger partial charge < -0.3 is 29.4 Å². The molecule has 3 aromatic rings. The van der Waals surface area contributed by atoms with E-state index in [1.807, 2.05) is 13.8 Å². The van der Waals surface area contributed by atoms with Gasteiger partial charge in [-0.05, 0) is 29.3 Å². The smallest absolute Gasteiger partial charge is 0.379 e. The van der Waals surface area contributed by atoms with E-state index in [1.54, 1.807) is 0 Å². The number of aliphatic hydroxyl groups excluding tert-OH is 1. The van der Waals surface area contributed by atoms with Crippen LogP contribution in [-0.2, 0) is 16.2 Å². The second-order valence-corrected chi connectivity index (χ2v) is 6.93. The largest absolute Gasteiger partial charge is 0.463 e.